The van der Waals surface area contributed by atoms with Gasteiger partial charge < -0.3 is 27.9 Å². The molecule has 0 N–H and O–H groups in total. The highest BCUT2D eigenvalue weighted by atomic mass is 31.2. The van der Waals surface area contributed by atoms with E-state index >= 15 is 0 Å². The van der Waals surface area contributed by atoms with Crippen molar-refractivity contribution in [3.05, 3.63) is 60.9 Å². The summed E-state index contributed by atoms with van der Waals surface area (Å²) < 4.78 is 34.2. The number of phosphoric acid groups is 1. The monoisotopic (exact) mass is 766 g/mol. The van der Waals surface area contributed by atoms with E-state index in [4.69, 9.17) is 18.5 Å². The van der Waals surface area contributed by atoms with Gasteiger partial charge in [0.1, 0.15) is 19.8 Å². The number of phosphoric ester groups is 1. The van der Waals surface area contributed by atoms with E-state index in [0.29, 0.717) is 17.4 Å². The van der Waals surface area contributed by atoms with E-state index in [1.807, 2.05) is 27.2 Å². The smallest absolute Gasteiger partial charge is 0.306 e. The lowest BCUT2D eigenvalue weighted by molar-refractivity contribution is -0.870. The second kappa shape index (κ2) is 37.0. The molecule has 0 rings (SSSR count). The van der Waals surface area contributed by atoms with Gasteiger partial charge in [0.25, 0.3) is 7.82 Å². The molecule has 1 unspecified atom stereocenters. The van der Waals surface area contributed by atoms with Gasteiger partial charge in [-0.05, 0) is 63.9 Å². The highest BCUT2D eigenvalue weighted by Gasteiger charge is 2.20. The van der Waals surface area contributed by atoms with E-state index in [1.54, 1.807) is 6.26 Å². The Balaban J connectivity index is 4.43. The minimum absolute atomic E-state index is 0.00324. The van der Waals surface area contributed by atoms with Crippen molar-refractivity contribution < 1.29 is 37.3 Å². The highest BCUT2D eigenvalue weighted by molar-refractivity contribution is 7.45. The van der Waals surface area contributed by atoms with Gasteiger partial charge >= 0.3 is 5.97 Å². The van der Waals surface area contributed by atoms with E-state index < -0.39 is 19.9 Å². The molecule has 53 heavy (non-hydrogen) atoms. The normalized spacial score (nSPS) is 14.4. The highest BCUT2D eigenvalue weighted by Crippen LogP contribution is 2.38. The molecule has 0 saturated carbocycles. The number of ether oxygens (including phenoxy) is 2. The number of carbonyl (C=O) groups excluding carboxylic acids is 1. The molecule has 0 spiro atoms. The second-order valence-corrected chi connectivity index (χ2v) is 16.5. The van der Waals surface area contributed by atoms with Crippen molar-refractivity contribution in [3.63, 3.8) is 0 Å². The first-order valence-corrected chi connectivity index (χ1v) is 22.5. The number of unbranched alkanes of at least 4 members (excludes halogenated alkanes) is 16. The molecule has 0 bridgehead atoms. The number of hydrogen-bond donors (Lipinski definition) is 0. The van der Waals surface area contributed by atoms with Gasteiger partial charge in [0.15, 0.2) is 6.10 Å². The van der Waals surface area contributed by atoms with Crippen molar-refractivity contribution in [3.8, 4) is 0 Å². The fraction of sp³-hybridized carbons (Fsp3) is 0.750. The van der Waals surface area contributed by atoms with Gasteiger partial charge in [-0.1, -0.05) is 146 Å². The quantitative estimate of drug-likeness (QED) is 0.0154. The van der Waals surface area contributed by atoms with E-state index in [9.17, 15) is 14.3 Å². The Morgan fingerprint density at radius 1 is 0.604 bits per heavy atom. The predicted octanol–water partition coefficient (Wildman–Crippen LogP) is 11.9. The summed E-state index contributed by atoms with van der Waals surface area (Å²) in [4.78, 5) is 25.0. The van der Waals surface area contributed by atoms with Gasteiger partial charge in [-0.25, -0.2) is 0 Å². The lowest BCUT2D eigenvalue weighted by Crippen LogP contribution is -2.37. The molecule has 0 heterocycles. The predicted molar refractivity (Wildman–Crippen MR) is 221 cm³/mol. The second-order valence-electron chi connectivity index (χ2n) is 15.1. The van der Waals surface area contributed by atoms with E-state index in [2.05, 4.69) is 62.5 Å². The fourth-order valence-corrected chi connectivity index (χ4v) is 6.06. The molecule has 0 aliphatic rings. The number of nitrogens with zero attached hydrogens (tertiary/aromatic N) is 1. The first-order chi connectivity index (χ1) is 25.6. The minimum Gasteiger partial charge on any atom is -0.756 e. The van der Waals surface area contributed by atoms with Gasteiger partial charge in [-0.2, -0.15) is 0 Å². The molecule has 0 aromatic rings. The summed E-state index contributed by atoms with van der Waals surface area (Å²) in [5, 5.41) is 0. The van der Waals surface area contributed by atoms with Crippen LogP contribution in [0, 0.1) is 0 Å². The number of carbonyl (C=O) groups is 1. The van der Waals surface area contributed by atoms with Crippen LogP contribution in [0.5, 0.6) is 0 Å². The van der Waals surface area contributed by atoms with Gasteiger partial charge in [0.05, 0.1) is 34.0 Å². The van der Waals surface area contributed by atoms with Crippen molar-refractivity contribution in [2.75, 3.05) is 47.5 Å². The van der Waals surface area contributed by atoms with Crippen molar-refractivity contribution in [2.24, 2.45) is 0 Å². The molecule has 8 nitrogen and oxygen atoms in total. The van der Waals surface area contributed by atoms with Crippen LogP contribution in [-0.4, -0.2) is 64.1 Å². The average Bonchev–Trinajstić information content (AvgIpc) is 3.11. The van der Waals surface area contributed by atoms with Gasteiger partial charge in [0, 0.05) is 6.42 Å². The number of rotatable bonds is 38. The molecular formula is C44H80NO7P. The van der Waals surface area contributed by atoms with Crippen LogP contribution in [0.2, 0.25) is 0 Å². The zero-order chi connectivity index (χ0) is 39.1. The summed E-state index contributed by atoms with van der Waals surface area (Å²) in [5.41, 5.74) is 0. The van der Waals surface area contributed by atoms with Crippen LogP contribution >= 0.6 is 7.82 Å². The maximum absolute atomic E-state index is 12.6. The van der Waals surface area contributed by atoms with E-state index in [-0.39, 0.29) is 26.2 Å². The van der Waals surface area contributed by atoms with Crippen molar-refractivity contribution >= 4 is 13.8 Å². The molecule has 0 fully saturated rings. The Bertz CT molecular complexity index is 1030. The average molecular weight is 766 g/mol. The van der Waals surface area contributed by atoms with Crippen molar-refractivity contribution in [2.45, 2.75) is 168 Å². The summed E-state index contributed by atoms with van der Waals surface area (Å²) in [7, 11) is 1.28. The molecule has 0 saturated heterocycles. The minimum atomic E-state index is -4.55. The van der Waals surface area contributed by atoms with Crippen LogP contribution in [0.3, 0.4) is 0 Å². The van der Waals surface area contributed by atoms with Gasteiger partial charge in [-0.3, -0.25) is 9.36 Å². The van der Waals surface area contributed by atoms with E-state index in [1.165, 1.54) is 96.3 Å². The lowest BCUT2D eigenvalue weighted by atomic mass is 10.0. The fourth-order valence-electron chi connectivity index (χ4n) is 5.33. The third-order valence-corrected chi connectivity index (χ3v) is 9.60. The first kappa shape index (κ1) is 51.0. The lowest BCUT2D eigenvalue weighted by Gasteiger charge is -2.28. The van der Waals surface area contributed by atoms with Crippen LogP contribution in [0.25, 0.3) is 0 Å². The summed E-state index contributed by atoms with van der Waals surface area (Å²) in [6.07, 6.45) is 46.1. The Labute approximate surface area is 326 Å². The van der Waals surface area contributed by atoms with Crippen molar-refractivity contribution in [1.29, 1.82) is 0 Å². The maximum atomic E-state index is 12.6. The Morgan fingerprint density at radius 3 is 1.60 bits per heavy atom. The van der Waals surface area contributed by atoms with Crippen LogP contribution in [0.15, 0.2) is 60.9 Å². The SMILES string of the molecule is CCCCC/C=C/C/C=C/C/C=C/C/C=C/CCCC(=O)O[C@H](CO/C=C/CCCCCCCCCCCCCC)COP(=O)([O-])OCC[N+](C)(C)C. The zero-order valence-electron chi connectivity index (χ0n) is 34.7. The molecule has 308 valence electrons. The molecule has 0 aromatic heterocycles. The zero-order valence-corrected chi connectivity index (χ0v) is 35.6. The van der Waals surface area contributed by atoms with E-state index in [0.717, 1.165) is 38.5 Å². The van der Waals surface area contributed by atoms with Crippen LogP contribution in [0.4, 0.5) is 0 Å². The standard InChI is InChI=1S/C44H80NO7P/c1-6-8-10-12-14-16-18-20-22-23-24-25-27-29-31-33-35-37-44(46)52-43(42-51-53(47,48)50-40-38-45(3,4)5)41-49-39-36-34-32-30-28-26-21-19-17-15-13-11-9-7-2/h14,16,20,22,24-25,29,31,36,39,43H,6-13,15,17-19,21,23,26-28,30,32-35,37-38,40-42H2,1-5H3/b16-14+,22-20+,25-24+,31-29+,39-36+/t43-/m1/s1. The first-order valence-electron chi connectivity index (χ1n) is 21.1. The van der Waals surface area contributed by atoms with Crippen LogP contribution in [-0.2, 0) is 27.9 Å². The molecular weight excluding hydrogens is 685 g/mol. The summed E-state index contributed by atoms with van der Waals surface area (Å²) in [6.45, 7) is 4.63. The number of quaternary nitrogens is 1. The topological polar surface area (TPSA) is 94.1 Å². The van der Waals surface area contributed by atoms with Gasteiger partial charge in [0.2, 0.25) is 0 Å². The molecule has 0 radical (unpaired) electrons. The van der Waals surface area contributed by atoms with Crippen LogP contribution < -0.4 is 4.89 Å². The summed E-state index contributed by atoms with van der Waals surface area (Å²) in [5.74, 6) is -0.412. The summed E-state index contributed by atoms with van der Waals surface area (Å²) in [6, 6.07) is 0. The molecule has 0 aliphatic heterocycles. The number of likely N-dealkylation sites (N-methyl/N-ethyl adjacent to an activating group) is 1. The maximum Gasteiger partial charge on any atom is 0.306 e. The number of hydrogen-bond acceptors (Lipinski definition) is 7. The third-order valence-electron chi connectivity index (χ3n) is 8.64. The third kappa shape index (κ3) is 41.1. The Morgan fingerprint density at radius 2 is 1.06 bits per heavy atom. The van der Waals surface area contributed by atoms with Gasteiger partial charge in [-0.15, -0.1) is 0 Å². The van der Waals surface area contributed by atoms with Crippen molar-refractivity contribution in [1.82, 2.24) is 0 Å². The molecule has 0 aromatic carbocycles. The molecule has 2 atom stereocenters. The molecule has 0 amide bonds. The molecule has 9 heteroatoms. The molecule has 0 aliphatic carbocycles. The Hall–Kier alpha value is -1.96. The summed E-state index contributed by atoms with van der Waals surface area (Å²) >= 11 is 0. The number of esters is 1. The largest absolute Gasteiger partial charge is 0.756 e. The number of allylic oxidation sites excluding steroid dienone is 9. The Kier molecular flexibility index (Phi) is 35.6. The van der Waals surface area contributed by atoms with Crippen LogP contribution in [0.1, 0.15) is 162 Å².